The minimum absolute atomic E-state index is 0.0144. The molecule has 2 aromatic rings. The van der Waals surface area contributed by atoms with Crippen molar-refractivity contribution in [1.29, 1.82) is 5.26 Å². The number of nitriles is 1. The maximum absolute atomic E-state index is 10.7. The number of hydrogen-bond donors (Lipinski definition) is 0. The molecule has 0 N–H and O–H groups in total. The van der Waals surface area contributed by atoms with Crippen molar-refractivity contribution in [3.05, 3.63) is 68.7 Å². The lowest BCUT2D eigenvalue weighted by Crippen LogP contribution is -2.08. The van der Waals surface area contributed by atoms with E-state index in [2.05, 4.69) is 6.07 Å². The Morgan fingerprint density at radius 2 is 1.91 bits per heavy atom. The number of non-ortho nitro benzene ring substituents is 1. The van der Waals surface area contributed by atoms with Crippen LogP contribution in [0.3, 0.4) is 0 Å². The largest absolute Gasteiger partial charge is 0.378 e. The van der Waals surface area contributed by atoms with Gasteiger partial charge in [-0.2, -0.15) is 5.26 Å². The predicted molar refractivity (Wildman–Crippen MR) is 92.4 cm³/mol. The standard InChI is InChI=1S/C17H14ClN3O2/c1-20(2)16-8-5-13(17(18)10-16)9-14(11-19)12-3-6-15(7-4-12)21(22)23/h3-10H,1-2H3/b14-9-. The molecule has 0 aliphatic carbocycles. The Morgan fingerprint density at radius 1 is 1.26 bits per heavy atom. The maximum atomic E-state index is 10.7. The van der Waals surface area contributed by atoms with Gasteiger partial charge in [-0.3, -0.25) is 10.1 Å². The van der Waals surface area contributed by atoms with Crippen LogP contribution in [-0.2, 0) is 0 Å². The molecule has 0 unspecified atom stereocenters. The summed E-state index contributed by atoms with van der Waals surface area (Å²) in [5.41, 5.74) is 2.65. The predicted octanol–water partition coefficient (Wildman–Crippen LogP) is 4.38. The van der Waals surface area contributed by atoms with Crippen LogP contribution in [0.4, 0.5) is 11.4 Å². The van der Waals surface area contributed by atoms with Gasteiger partial charge in [0.2, 0.25) is 0 Å². The van der Waals surface area contributed by atoms with Gasteiger partial charge in [0.15, 0.2) is 0 Å². The Labute approximate surface area is 139 Å². The number of rotatable bonds is 4. The Bertz CT molecular complexity index is 806. The fourth-order valence-electron chi connectivity index (χ4n) is 2.01. The van der Waals surface area contributed by atoms with Gasteiger partial charge in [0.1, 0.15) is 0 Å². The lowest BCUT2D eigenvalue weighted by atomic mass is 10.0. The molecule has 0 radical (unpaired) electrons. The molecule has 116 valence electrons. The highest BCUT2D eigenvalue weighted by Gasteiger charge is 2.08. The van der Waals surface area contributed by atoms with Gasteiger partial charge in [-0.15, -0.1) is 0 Å². The molecule has 0 saturated heterocycles. The maximum Gasteiger partial charge on any atom is 0.269 e. The van der Waals surface area contributed by atoms with Crippen molar-refractivity contribution < 1.29 is 4.92 Å². The van der Waals surface area contributed by atoms with Crippen molar-refractivity contribution in [2.75, 3.05) is 19.0 Å². The summed E-state index contributed by atoms with van der Waals surface area (Å²) in [5, 5.41) is 20.6. The average molecular weight is 328 g/mol. The highest BCUT2D eigenvalue weighted by atomic mass is 35.5. The van der Waals surface area contributed by atoms with E-state index in [4.69, 9.17) is 11.6 Å². The Kier molecular flexibility index (Phi) is 4.99. The van der Waals surface area contributed by atoms with Crippen molar-refractivity contribution in [2.24, 2.45) is 0 Å². The van der Waals surface area contributed by atoms with E-state index in [0.717, 1.165) is 5.69 Å². The smallest absolute Gasteiger partial charge is 0.269 e. The van der Waals surface area contributed by atoms with Crippen LogP contribution in [0.2, 0.25) is 5.02 Å². The van der Waals surface area contributed by atoms with Crippen molar-refractivity contribution in [3.8, 4) is 6.07 Å². The Balaban J connectivity index is 2.39. The topological polar surface area (TPSA) is 70.2 Å². The lowest BCUT2D eigenvalue weighted by Gasteiger charge is -2.13. The van der Waals surface area contributed by atoms with Crippen LogP contribution in [0, 0.1) is 21.4 Å². The number of anilines is 1. The zero-order chi connectivity index (χ0) is 17.0. The lowest BCUT2D eigenvalue weighted by molar-refractivity contribution is -0.384. The van der Waals surface area contributed by atoms with Crippen molar-refractivity contribution in [2.45, 2.75) is 0 Å². The number of nitrogens with zero attached hydrogens (tertiary/aromatic N) is 3. The molecular formula is C17H14ClN3O2. The third kappa shape index (κ3) is 3.87. The van der Waals surface area contributed by atoms with Crippen LogP contribution < -0.4 is 4.90 Å². The number of allylic oxidation sites excluding steroid dienone is 1. The van der Waals surface area contributed by atoms with E-state index in [1.54, 1.807) is 18.2 Å². The molecule has 0 saturated carbocycles. The molecule has 0 bridgehead atoms. The van der Waals surface area contributed by atoms with Gasteiger partial charge in [-0.25, -0.2) is 0 Å². The first-order chi connectivity index (χ1) is 10.9. The molecule has 0 aliphatic heterocycles. The molecule has 0 atom stereocenters. The van der Waals surface area contributed by atoms with Crippen LogP contribution in [0.25, 0.3) is 11.6 Å². The van der Waals surface area contributed by atoms with Crippen LogP contribution in [0.1, 0.15) is 11.1 Å². The fraction of sp³-hybridized carbons (Fsp3) is 0.118. The van der Waals surface area contributed by atoms with E-state index >= 15 is 0 Å². The second-order valence-electron chi connectivity index (χ2n) is 5.07. The van der Waals surface area contributed by atoms with Gasteiger partial charge in [-0.1, -0.05) is 17.7 Å². The van der Waals surface area contributed by atoms with E-state index in [-0.39, 0.29) is 5.69 Å². The summed E-state index contributed by atoms with van der Waals surface area (Å²) >= 11 is 6.26. The molecule has 6 heteroatoms. The van der Waals surface area contributed by atoms with Gasteiger partial charge in [-0.05, 0) is 41.5 Å². The van der Waals surface area contributed by atoms with Crippen LogP contribution >= 0.6 is 11.6 Å². The normalized spacial score (nSPS) is 11.0. The van der Waals surface area contributed by atoms with Gasteiger partial charge in [0, 0.05) is 36.9 Å². The summed E-state index contributed by atoms with van der Waals surface area (Å²) in [6.45, 7) is 0. The molecule has 0 heterocycles. The van der Waals surface area contributed by atoms with Gasteiger partial charge < -0.3 is 4.90 Å². The molecule has 2 aromatic carbocycles. The third-order valence-electron chi connectivity index (χ3n) is 3.31. The van der Waals surface area contributed by atoms with Crippen molar-refractivity contribution in [1.82, 2.24) is 0 Å². The molecule has 2 rings (SSSR count). The Morgan fingerprint density at radius 3 is 2.39 bits per heavy atom. The van der Waals surface area contributed by atoms with E-state index in [1.165, 1.54) is 12.1 Å². The molecule has 0 aliphatic rings. The fourth-order valence-corrected chi connectivity index (χ4v) is 2.24. The van der Waals surface area contributed by atoms with Crippen LogP contribution in [-0.4, -0.2) is 19.0 Å². The summed E-state index contributed by atoms with van der Waals surface area (Å²) in [5.74, 6) is 0. The first-order valence-corrected chi connectivity index (χ1v) is 7.13. The Hall–Kier alpha value is -2.84. The number of benzene rings is 2. The zero-order valence-corrected chi connectivity index (χ0v) is 13.4. The third-order valence-corrected chi connectivity index (χ3v) is 3.64. The summed E-state index contributed by atoms with van der Waals surface area (Å²) < 4.78 is 0. The molecule has 0 amide bonds. The minimum Gasteiger partial charge on any atom is -0.378 e. The first-order valence-electron chi connectivity index (χ1n) is 6.76. The highest BCUT2D eigenvalue weighted by Crippen LogP contribution is 2.27. The SMILES string of the molecule is CN(C)c1ccc(/C=C(/C#N)c2ccc([N+](=O)[O-])cc2)c(Cl)c1. The molecule has 0 fully saturated rings. The monoisotopic (exact) mass is 327 g/mol. The molecule has 5 nitrogen and oxygen atoms in total. The summed E-state index contributed by atoms with van der Waals surface area (Å²) in [7, 11) is 3.83. The van der Waals surface area contributed by atoms with Crippen molar-refractivity contribution >= 4 is 34.6 Å². The molecular weight excluding hydrogens is 314 g/mol. The van der Waals surface area contributed by atoms with E-state index in [1.807, 2.05) is 37.2 Å². The summed E-state index contributed by atoms with van der Waals surface area (Å²) in [6.07, 6.45) is 1.67. The second-order valence-corrected chi connectivity index (χ2v) is 5.48. The van der Waals surface area contributed by atoms with Crippen molar-refractivity contribution in [3.63, 3.8) is 0 Å². The van der Waals surface area contributed by atoms with E-state index < -0.39 is 4.92 Å². The van der Waals surface area contributed by atoms with Gasteiger partial charge in [0.05, 0.1) is 16.6 Å². The number of hydrogen-bond acceptors (Lipinski definition) is 4. The molecule has 0 aromatic heterocycles. The zero-order valence-electron chi connectivity index (χ0n) is 12.7. The highest BCUT2D eigenvalue weighted by molar-refractivity contribution is 6.32. The van der Waals surface area contributed by atoms with E-state index in [0.29, 0.717) is 21.7 Å². The molecule has 23 heavy (non-hydrogen) atoms. The quantitative estimate of drug-likeness (QED) is 0.361. The number of nitro groups is 1. The van der Waals surface area contributed by atoms with Crippen LogP contribution in [0.5, 0.6) is 0 Å². The number of halogens is 1. The second kappa shape index (κ2) is 6.95. The average Bonchev–Trinajstić information content (AvgIpc) is 2.53. The molecule has 0 spiro atoms. The number of nitro benzene ring substituents is 1. The minimum atomic E-state index is -0.476. The first kappa shape index (κ1) is 16.5. The van der Waals surface area contributed by atoms with Gasteiger partial charge in [0.25, 0.3) is 5.69 Å². The summed E-state index contributed by atoms with van der Waals surface area (Å²) in [4.78, 5) is 12.1. The van der Waals surface area contributed by atoms with E-state index in [9.17, 15) is 15.4 Å². The summed E-state index contributed by atoms with van der Waals surface area (Å²) in [6, 6.07) is 13.5. The van der Waals surface area contributed by atoms with Gasteiger partial charge >= 0.3 is 0 Å². The van der Waals surface area contributed by atoms with Crippen LogP contribution in [0.15, 0.2) is 42.5 Å².